The number of halogens is 3. The number of anilines is 2. The van der Waals surface area contributed by atoms with Gasteiger partial charge in [0, 0.05) is 92.7 Å². The van der Waals surface area contributed by atoms with Crippen molar-refractivity contribution in [1.82, 2.24) is 15.5 Å². The summed E-state index contributed by atoms with van der Waals surface area (Å²) in [6.07, 6.45) is 1.37. The molecule has 0 aliphatic carbocycles. The minimum Gasteiger partial charge on any atom is -0.379 e. The van der Waals surface area contributed by atoms with Crippen molar-refractivity contribution in [2.24, 2.45) is 4.99 Å². The summed E-state index contributed by atoms with van der Waals surface area (Å²) >= 11 is 1.64. The lowest BCUT2D eigenvalue weighted by Crippen LogP contribution is -2.41. The van der Waals surface area contributed by atoms with Gasteiger partial charge in [0.05, 0.1) is 30.2 Å². The van der Waals surface area contributed by atoms with Crippen LogP contribution in [-0.4, -0.2) is 93.1 Å². The van der Waals surface area contributed by atoms with E-state index in [0.29, 0.717) is 71.1 Å². The number of nitrogens with one attached hydrogen (secondary N) is 3. The molecule has 0 spiro atoms. The summed E-state index contributed by atoms with van der Waals surface area (Å²) in [5.74, 6) is 0.668. The molecular formula is C42H49F3N6O4S. The van der Waals surface area contributed by atoms with Crippen molar-refractivity contribution < 1.29 is 32.3 Å². The van der Waals surface area contributed by atoms with Crippen molar-refractivity contribution in [3.05, 3.63) is 106 Å². The van der Waals surface area contributed by atoms with Crippen LogP contribution in [0.3, 0.4) is 0 Å². The topological polar surface area (TPSA) is 115 Å². The molecular weight excluding hydrogens is 742 g/mol. The maximum atomic E-state index is 13.7. The van der Waals surface area contributed by atoms with Gasteiger partial charge in [-0.05, 0) is 85.4 Å². The van der Waals surface area contributed by atoms with Gasteiger partial charge in [0.15, 0.2) is 0 Å². The molecule has 0 atom stereocenters. The summed E-state index contributed by atoms with van der Waals surface area (Å²) in [5, 5.41) is 8.85. The SMILES string of the molecule is O=C(CCSCc1cccc(C(=O)Nc2ccc(N3CCCCC3)cc2C2=NCCC(C(=O)NCc3cccc(C(F)(F)F)c3)=C2)c1)NCCN1CCOCC1. The van der Waals surface area contributed by atoms with Crippen LogP contribution in [-0.2, 0) is 32.8 Å². The molecule has 2 saturated heterocycles. The normalized spacial score (nSPS) is 16.4. The van der Waals surface area contributed by atoms with Crippen molar-refractivity contribution in [3.63, 3.8) is 0 Å². The van der Waals surface area contributed by atoms with Crippen molar-refractivity contribution in [2.45, 2.75) is 50.6 Å². The molecule has 3 aliphatic rings. The molecule has 3 aromatic carbocycles. The van der Waals surface area contributed by atoms with Crippen LogP contribution in [0.1, 0.15) is 64.7 Å². The van der Waals surface area contributed by atoms with Crippen LogP contribution in [0.4, 0.5) is 24.5 Å². The number of hydrogen-bond donors (Lipinski definition) is 3. The predicted molar refractivity (Wildman–Crippen MR) is 215 cm³/mol. The lowest BCUT2D eigenvalue weighted by atomic mass is 9.98. The highest BCUT2D eigenvalue weighted by atomic mass is 32.2. The fourth-order valence-corrected chi connectivity index (χ4v) is 7.78. The second-order valence-corrected chi connectivity index (χ2v) is 15.2. The van der Waals surface area contributed by atoms with Gasteiger partial charge < -0.3 is 25.6 Å². The first-order chi connectivity index (χ1) is 27.1. The number of allylic oxidation sites excluding steroid dienone is 1. The van der Waals surface area contributed by atoms with Gasteiger partial charge >= 0.3 is 6.18 Å². The second-order valence-electron chi connectivity index (χ2n) is 14.1. The molecule has 0 saturated carbocycles. The zero-order chi connectivity index (χ0) is 39.3. The third kappa shape index (κ3) is 11.9. The largest absolute Gasteiger partial charge is 0.416 e. The van der Waals surface area contributed by atoms with Crippen LogP contribution in [0, 0.1) is 0 Å². The predicted octanol–water partition coefficient (Wildman–Crippen LogP) is 6.46. The minimum atomic E-state index is -4.47. The van der Waals surface area contributed by atoms with Gasteiger partial charge in [-0.1, -0.05) is 24.3 Å². The van der Waals surface area contributed by atoms with Gasteiger partial charge in [0.25, 0.3) is 5.91 Å². The highest BCUT2D eigenvalue weighted by Crippen LogP contribution is 2.31. The van der Waals surface area contributed by atoms with Gasteiger partial charge in [-0.3, -0.25) is 24.3 Å². The lowest BCUT2D eigenvalue weighted by molar-refractivity contribution is -0.137. The van der Waals surface area contributed by atoms with Crippen molar-refractivity contribution in [1.29, 1.82) is 0 Å². The van der Waals surface area contributed by atoms with Gasteiger partial charge in [-0.2, -0.15) is 24.9 Å². The third-order valence-electron chi connectivity index (χ3n) is 10.0. The maximum absolute atomic E-state index is 13.7. The van der Waals surface area contributed by atoms with Crippen molar-refractivity contribution >= 4 is 46.6 Å². The standard InChI is InChI=1S/C42H49F3N6O4S/c43-42(44,45)34-9-5-6-30(25-34)28-48-40(53)33-12-14-46-38(26-33)36-27-35(51-16-2-1-3-17-51)10-11-37(36)49-41(54)32-8-4-7-31(24-32)29-56-23-13-39(52)47-15-18-50-19-21-55-22-20-50/h4-11,24-27H,1-3,12-23,28-29H2,(H,47,52)(H,48,53)(H,49,54). The van der Waals surface area contributed by atoms with Crippen molar-refractivity contribution in [2.75, 3.05) is 75.0 Å². The number of aliphatic imine (C=N–C) groups is 1. The fourth-order valence-electron chi connectivity index (χ4n) is 6.90. The molecule has 56 heavy (non-hydrogen) atoms. The Bertz CT molecular complexity index is 1910. The number of amides is 3. The van der Waals surface area contributed by atoms with Crippen LogP contribution < -0.4 is 20.9 Å². The average Bonchev–Trinajstić information content (AvgIpc) is 3.22. The molecule has 3 amide bonds. The molecule has 3 aromatic rings. The number of nitrogens with zero attached hydrogens (tertiary/aromatic N) is 3. The first-order valence-corrected chi connectivity index (χ1v) is 20.4. The summed E-state index contributed by atoms with van der Waals surface area (Å²) in [6.45, 7) is 6.81. The number of rotatable bonds is 15. The van der Waals surface area contributed by atoms with Crippen LogP contribution >= 0.6 is 11.8 Å². The van der Waals surface area contributed by atoms with Crippen LogP contribution in [0.2, 0.25) is 0 Å². The van der Waals surface area contributed by atoms with Crippen LogP contribution in [0.15, 0.2) is 83.4 Å². The Labute approximate surface area is 330 Å². The molecule has 3 N–H and O–H groups in total. The number of dihydropyridines is 1. The van der Waals surface area contributed by atoms with Gasteiger partial charge in [-0.15, -0.1) is 0 Å². The van der Waals surface area contributed by atoms with E-state index in [0.717, 1.165) is 82.2 Å². The number of piperidine rings is 1. The number of carbonyl (C=O) groups is 3. The molecule has 10 nitrogen and oxygen atoms in total. The number of ether oxygens (including phenoxy) is 1. The van der Waals surface area contributed by atoms with Crippen LogP contribution in [0.5, 0.6) is 0 Å². The lowest BCUT2D eigenvalue weighted by Gasteiger charge is -2.29. The second kappa shape index (κ2) is 20.0. The smallest absolute Gasteiger partial charge is 0.379 e. The minimum absolute atomic E-state index is 0.0290. The average molecular weight is 791 g/mol. The molecule has 298 valence electrons. The zero-order valence-corrected chi connectivity index (χ0v) is 32.3. The highest BCUT2D eigenvalue weighted by Gasteiger charge is 2.30. The molecule has 0 bridgehead atoms. The fraction of sp³-hybridized carbons (Fsp3) is 0.429. The molecule has 0 unspecified atom stereocenters. The van der Waals surface area contributed by atoms with Gasteiger partial charge in [-0.25, -0.2) is 0 Å². The van der Waals surface area contributed by atoms with E-state index >= 15 is 0 Å². The number of benzene rings is 3. The first kappa shape index (κ1) is 41.0. The van der Waals surface area contributed by atoms with E-state index in [1.54, 1.807) is 30.0 Å². The molecule has 3 heterocycles. The zero-order valence-electron chi connectivity index (χ0n) is 31.5. The molecule has 3 aliphatic heterocycles. The van der Waals surface area contributed by atoms with Gasteiger partial charge in [0.1, 0.15) is 0 Å². The number of hydrogen-bond acceptors (Lipinski definition) is 8. The summed E-state index contributed by atoms with van der Waals surface area (Å²) in [4.78, 5) is 48.7. The summed E-state index contributed by atoms with van der Waals surface area (Å²) in [6, 6.07) is 18.2. The maximum Gasteiger partial charge on any atom is 0.416 e. The van der Waals surface area contributed by atoms with Crippen LogP contribution in [0.25, 0.3) is 0 Å². The molecule has 6 rings (SSSR count). The van der Waals surface area contributed by atoms with E-state index in [1.165, 1.54) is 12.5 Å². The van der Waals surface area contributed by atoms with Gasteiger partial charge in [0.2, 0.25) is 11.8 Å². The van der Waals surface area contributed by atoms with Crippen molar-refractivity contribution in [3.8, 4) is 0 Å². The van der Waals surface area contributed by atoms with E-state index < -0.39 is 11.7 Å². The molecule has 14 heteroatoms. The summed E-state index contributed by atoms with van der Waals surface area (Å²) in [5.41, 5.74) is 4.27. The Balaban J connectivity index is 1.09. The summed E-state index contributed by atoms with van der Waals surface area (Å²) in [7, 11) is 0. The molecule has 2 fully saturated rings. The highest BCUT2D eigenvalue weighted by molar-refractivity contribution is 7.98. The molecule has 0 radical (unpaired) electrons. The van der Waals surface area contributed by atoms with E-state index in [2.05, 4.69) is 25.8 Å². The first-order valence-electron chi connectivity index (χ1n) is 19.3. The summed E-state index contributed by atoms with van der Waals surface area (Å²) < 4.78 is 45.1. The third-order valence-corrected chi connectivity index (χ3v) is 11.0. The van der Waals surface area contributed by atoms with E-state index in [-0.39, 0.29) is 24.3 Å². The van der Waals surface area contributed by atoms with E-state index in [1.807, 2.05) is 36.4 Å². The van der Waals surface area contributed by atoms with E-state index in [9.17, 15) is 27.6 Å². The number of alkyl halides is 3. The Hall–Kier alpha value is -4.66. The van der Waals surface area contributed by atoms with E-state index in [4.69, 9.17) is 9.73 Å². The Morgan fingerprint density at radius 2 is 1.64 bits per heavy atom. The Morgan fingerprint density at radius 1 is 0.857 bits per heavy atom. The number of thioether (sulfide) groups is 1. The molecule has 0 aromatic heterocycles. The number of morpholine rings is 1. The monoisotopic (exact) mass is 790 g/mol. The Kier molecular flexibility index (Phi) is 14.6. The number of carbonyl (C=O) groups excluding carboxylic acids is 3. The quantitative estimate of drug-likeness (QED) is 0.152. The Morgan fingerprint density at radius 3 is 2.45 bits per heavy atom.